The summed E-state index contributed by atoms with van der Waals surface area (Å²) in [5, 5.41) is 22.0. The Labute approximate surface area is 150 Å². The summed E-state index contributed by atoms with van der Waals surface area (Å²) in [7, 11) is 0. The molecule has 2 aromatic rings. The minimum Gasteiger partial charge on any atom is -0.508 e. The van der Waals surface area contributed by atoms with Gasteiger partial charge in [-0.3, -0.25) is 9.69 Å². The van der Waals surface area contributed by atoms with E-state index in [2.05, 4.69) is 10.2 Å². The van der Waals surface area contributed by atoms with Crippen molar-refractivity contribution < 1.29 is 24.1 Å². The van der Waals surface area contributed by atoms with Gasteiger partial charge in [0.05, 0.1) is 24.8 Å². The highest BCUT2D eigenvalue weighted by molar-refractivity contribution is 5.97. The monoisotopic (exact) mass is 360 g/mol. The summed E-state index contributed by atoms with van der Waals surface area (Å²) in [5.41, 5.74) is 1.00. The second-order valence-corrected chi connectivity index (χ2v) is 6.24. The first-order valence-electron chi connectivity index (χ1n) is 8.39. The number of phenols is 2. The molecule has 1 aliphatic rings. The number of rotatable bonds is 5. The Bertz CT molecular complexity index is 767. The van der Waals surface area contributed by atoms with E-state index >= 15 is 0 Å². The van der Waals surface area contributed by atoms with Gasteiger partial charge in [0.2, 0.25) is 0 Å². The molecule has 3 N–H and O–H groups in total. The Hall–Kier alpha value is -2.64. The fraction of sp³-hybridized carbons (Fsp3) is 0.316. The van der Waals surface area contributed by atoms with Crippen LogP contribution in [0.3, 0.4) is 0 Å². The summed E-state index contributed by atoms with van der Waals surface area (Å²) in [5.74, 6) is -1.02. The number of morpholine rings is 1. The van der Waals surface area contributed by atoms with E-state index in [1.165, 1.54) is 30.3 Å². The Balaban J connectivity index is 1.62. The number of aromatic hydroxyl groups is 2. The van der Waals surface area contributed by atoms with E-state index in [9.17, 15) is 19.4 Å². The molecular formula is C19H21FN2O4. The van der Waals surface area contributed by atoms with E-state index in [1.54, 1.807) is 12.1 Å². The van der Waals surface area contributed by atoms with Gasteiger partial charge in [0, 0.05) is 19.6 Å². The predicted octanol–water partition coefficient (Wildman–Crippen LogP) is 1.87. The number of hydrogen-bond donors (Lipinski definition) is 3. The van der Waals surface area contributed by atoms with Gasteiger partial charge in [-0.15, -0.1) is 0 Å². The Kier molecular flexibility index (Phi) is 5.70. The first kappa shape index (κ1) is 18.2. The number of nitrogens with zero attached hydrogens (tertiary/aromatic N) is 1. The predicted molar refractivity (Wildman–Crippen MR) is 93.5 cm³/mol. The number of nitrogens with one attached hydrogen (secondary N) is 1. The standard InChI is InChI=1S/C19H21FN2O4/c20-14-3-1-13(2-4-14)11-22-7-8-26-12-15(22)10-21-19(25)17-9-16(23)5-6-18(17)24/h1-6,9,15,23-24H,7-8,10-12H2,(H,21,25). The number of hydrogen-bond acceptors (Lipinski definition) is 5. The lowest BCUT2D eigenvalue weighted by atomic mass is 10.1. The molecule has 0 radical (unpaired) electrons. The Morgan fingerprint density at radius 1 is 1.23 bits per heavy atom. The lowest BCUT2D eigenvalue weighted by Crippen LogP contribution is -2.50. The molecule has 26 heavy (non-hydrogen) atoms. The molecule has 3 rings (SSSR count). The van der Waals surface area contributed by atoms with Gasteiger partial charge in [0.25, 0.3) is 5.91 Å². The molecule has 0 aromatic heterocycles. The topological polar surface area (TPSA) is 82.0 Å². The van der Waals surface area contributed by atoms with Gasteiger partial charge < -0.3 is 20.3 Å². The smallest absolute Gasteiger partial charge is 0.255 e. The van der Waals surface area contributed by atoms with Crippen molar-refractivity contribution in [2.75, 3.05) is 26.3 Å². The van der Waals surface area contributed by atoms with Crippen molar-refractivity contribution in [3.8, 4) is 11.5 Å². The van der Waals surface area contributed by atoms with Gasteiger partial charge in [0.15, 0.2) is 0 Å². The van der Waals surface area contributed by atoms with E-state index in [0.717, 1.165) is 5.56 Å². The van der Waals surface area contributed by atoms with Gasteiger partial charge in [-0.25, -0.2) is 4.39 Å². The van der Waals surface area contributed by atoms with Crippen molar-refractivity contribution in [1.29, 1.82) is 0 Å². The van der Waals surface area contributed by atoms with Crippen LogP contribution in [0.2, 0.25) is 0 Å². The average molecular weight is 360 g/mol. The lowest BCUT2D eigenvalue weighted by Gasteiger charge is -2.35. The SMILES string of the molecule is O=C(NCC1COCCN1Cc1ccc(F)cc1)c1cc(O)ccc1O. The molecule has 0 bridgehead atoms. The number of benzene rings is 2. The van der Waals surface area contributed by atoms with Crippen molar-refractivity contribution in [3.05, 3.63) is 59.4 Å². The number of halogens is 1. The average Bonchev–Trinajstić information content (AvgIpc) is 2.64. The van der Waals surface area contributed by atoms with Gasteiger partial charge in [0.1, 0.15) is 17.3 Å². The summed E-state index contributed by atoms with van der Waals surface area (Å²) in [6.07, 6.45) is 0. The highest BCUT2D eigenvalue weighted by atomic mass is 19.1. The van der Waals surface area contributed by atoms with Crippen LogP contribution in [0.15, 0.2) is 42.5 Å². The second-order valence-electron chi connectivity index (χ2n) is 6.24. The highest BCUT2D eigenvalue weighted by Gasteiger charge is 2.24. The lowest BCUT2D eigenvalue weighted by molar-refractivity contribution is -0.0105. The van der Waals surface area contributed by atoms with Gasteiger partial charge in [-0.1, -0.05) is 12.1 Å². The molecule has 1 amide bonds. The zero-order valence-electron chi connectivity index (χ0n) is 14.2. The summed E-state index contributed by atoms with van der Waals surface area (Å²) in [6.45, 7) is 2.72. The quantitative estimate of drug-likeness (QED) is 0.709. The van der Waals surface area contributed by atoms with Crippen LogP contribution < -0.4 is 5.32 Å². The zero-order valence-corrected chi connectivity index (χ0v) is 14.2. The third-order valence-corrected chi connectivity index (χ3v) is 4.37. The minimum absolute atomic E-state index is 0.0202. The van der Waals surface area contributed by atoms with Crippen LogP contribution >= 0.6 is 0 Å². The normalized spacial score (nSPS) is 17.8. The fourth-order valence-corrected chi connectivity index (χ4v) is 2.92. The van der Waals surface area contributed by atoms with Crippen molar-refractivity contribution >= 4 is 5.91 Å². The molecular weight excluding hydrogens is 339 g/mol. The number of carbonyl (C=O) groups excluding carboxylic acids is 1. The molecule has 1 unspecified atom stereocenters. The van der Waals surface area contributed by atoms with E-state index in [0.29, 0.717) is 32.8 Å². The zero-order chi connectivity index (χ0) is 18.5. The molecule has 1 atom stereocenters. The molecule has 0 saturated carbocycles. The Morgan fingerprint density at radius 3 is 2.77 bits per heavy atom. The molecule has 0 aliphatic carbocycles. The number of amides is 1. The van der Waals surface area contributed by atoms with Gasteiger partial charge in [-0.05, 0) is 35.9 Å². The van der Waals surface area contributed by atoms with Gasteiger partial charge in [-0.2, -0.15) is 0 Å². The van der Waals surface area contributed by atoms with E-state index in [-0.39, 0.29) is 28.9 Å². The number of ether oxygens (including phenoxy) is 1. The van der Waals surface area contributed by atoms with Crippen LogP contribution in [0.4, 0.5) is 4.39 Å². The molecule has 6 nitrogen and oxygen atoms in total. The highest BCUT2D eigenvalue weighted by Crippen LogP contribution is 2.22. The second kappa shape index (κ2) is 8.16. The molecule has 1 fully saturated rings. The summed E-state index contributed by atoms with van der Waals surface area (Å²) >= 11 is 0. The maximum Gasteiger partial charge on any atom is 0.255 e. The van der Waals surface area contributed by atoms with Crippen LogP contribution in [0.25, 0.3) is 0 Å². The van der Waals surface area contributed by atoms with Crippen molar-refractivity contribution in [2.45, 2.75) is 12.6 Å². The van der Waals surface area contributed by atoms with Crippen molar-refractivity contribution in [1.82, 2.24) is 10.2 Å². The molecule has 138 valence electrons. The molecule has 1 saturated heterocycles. The molecule has 7 heteroatoms. The van der Waals surface area contributed by atoms with E-state index in [1.807, 2.05) is 0 Å². The van der Waals surface area contributed by atoms with Crippen LogP contribution in [-0.4, -0.2) is 53.4 Å². The maximum atomic E-state index is 13.1. The summed E-state index contributed by atoms with van der Waals surface area (Å²) in [6, 6.07) is 10.1. The van der Waals surface area contributed by atoms with E-state index in [4.69, 9.17) is 4.74 Å². The number of phenolic OH excluding ortho intramolecular Hbond substituents is 2. The number of carbonyl (C=O) groups is 1. The minimum atomic E-state index is -0.467. The summed E-state index contributed by atoms with van der Waals surface area (Å²) in [4.78, 5) is 14.4. The molecule has 1 aliphatic heterocycles. The molecule has 2 aromatic carbocycles. The van der Waals surface area contributed by atoms with Gasteiger partial charge >= 0.3 is 0 Å². The first-order valence-corrected chi connectivity index (χ1v) is 8.39. The van der Waals surface area contributed by atoms with Crippen LogP contribution in [0.1, 0.15) is 15.9 Å². The molecule has 1 heterocycles. The summed E-state index contributed by atoms with van der Waals surface area (Å²) < 4.78 is 18.6. The van der Waals surface area contributed by atoms with Crippen LogP contribution in [0.5, 0.6) is 11.5 Å². The van der Waals surface area contributed by atoms with Crippen molar-refractivity contribution in [2.24, 2.45) is 0 Å². The first-order chi connectivity index (χ1) is 12.5. The van der Waals surface area contributed by atoms with Crippen LogP contribution in [-0.2, 0) is 11.3 Å². The maximum absolute atomic E-state index is 13.1. The van der Waals surface area contributed by atoms with Crippen molar-refractivity contribution in [3.63, 3.8) is 0 Å². The Morgan fingerprint density at radius 2 is 2.00 bits per heavy atom. The largest absolute Gasteiger partial charge is 0.508 e. The third-order valence-electron chi connectivity index (χ3n) is 4.37. The van der Waals surface area contributed by atoms with E-state index < -0.39 is 5.91 Å². The fourth-order valence-electron chi connectivity index (χ4n) is 2.92. The molecule has 0 spiro atoms. The third kappa shape index (κ3) is 4.50. The van der Waals surface area contributed by atoms with Crippen LogP contribution in [0, 0.1) is 5.82 Å².